The average Bonchev–Trinajstić information content (AvgIpc) is 3.08. The molecule has 0 aliphatic heterocycles. The molecule has 0 radical (unpaired) electrons. The summed E-state index contributed by atoms with van der Waals surface area (Å²) in [5, 5.41) is 0. The highest BCUT2D eigenvalue weighted by Gasteiger charge is 2.21. The van der Waals surface area contributed by atoms with Gasteiger partial charge in [-0.15, -0.1) is 11.3 Å². The number of halogens is 1. The van der Waals surface area contributed by atoms with Crippen molar-refractivity contribution in [3.63, 3.8) is 0 Å². The number of ether oxygens (including phenoxy) is 1. The smallest absolute Gasteiger partial charge is 0.241 e. The van der Waals surface area contributed by atoms with E-state index < -0.39 is 10.0 Å². The molecule has 2 rings (SSSR count). The van der Waals surface area contributed by atoms with Crippen LogP contribution in [-0.4, -0.2) is 28.2 Å². The Morgan fingerprint density at radius 1 is 1.53 bits per heavy atom. The molecule has 0 atom stereocenters. The first-order valence-corrected chi connectivity index (χ1v) is 9.41. The van der Waals surface area contributed by atoms with Crippen molar-refractivity contribution in [3.8, 4) is 0 Å². The molecule has 0 spiro atoms. The molecule has 1 aliphatic rings. The van der Waals surface area contributed by atoms with Crippen LogP contribution < -0.4 is 4.72 Å². The normalized spacial score (nSPS) is 15.9. The van der Waals surface area contributed by atoms with Crippen molar-refractivity contribution >= 4 is 37.3 Å². The zero-order valence-electron chi connectivity index (χ0n) is 10.8. The van der Waals surface area contributed by atoms with Gasteiger partial charge in [-0.05, 0) is 54.1 Å². The van der Waals surface area contributed by atoms with E-state index >= 15 is 0 Å². The predicted octanol–water partition coefficient (Wildman–Crippen LogP) is 2.91. The van der Waals surface area contributed by atoms with Crippen LogP contribution in [0.2, 0.25) is 0 Å². The Morgan fingerprint density at radius 3 is 2.84 bits per heavy atom. The lowest BCUT2D eigenvalue weighted by molar-refractivity contribution is 0.123. The Bertz CT molecular complexity index is 523. The van der Waals surface area contributed by atoms with Gasteiger partial charge in [0.05, 0.1) is 8.68 Å². The van der Waals surface area contributed by atoms with Crippen molar-refractivity contribution in [3.05, 3.63) is 14.7 Å². The second kappa shape index (κ2) is 6.67. The SMILES string of the molecule is Cc1sc(Br)cc1S(=O)(=O)NCCCOCC1CC1. The van der Waals surface area contributed by atoms with Gasteiger partial charge < -0.3 is 4.74 Å². The molecule has 0 saturated heterocycles. The van der Waals surface area contributed by atoms with Gasteiger partial charge in [-0.1, -0.05) is 0 Å². The maximum absolute atomic E-state index is 12.1. The Hall–Kier alpha value is 0.0500. The van der Waals surface area contributed by atoms with Crippen molar-refractivity contribution in [2.75, 3.05) is 19.8 Å². The van der Waals surface area contributed by atoms with Crippen LogP contribution in [0.15, 0.2) is 14.7 Å². The van der Waals surface area contributed by atoms with E-state index in [4.69, 9.17) is 4.74 Å². The molecule has 0 amide bonds. The zero-order valence-corrected chi connectivity index (χ0v) is 14.0. The van der Waals surface area contributed by atoms with Crippen LogP contribution in [0.4, 0.5) is 0 Å². The molecule has 1 N–H and O–H groups in total. The van der Waals surface area contributed by atoms with Gasteiger partial charge in [-0.3, -0.25) is 0 Å². The largest absolute Gasteiger partial charge is 0.381 e. The molecule has 4 nitrogen and oxygen atoms in total. The number of sulfonamides is 1. The van der Waals surface area contributed by atoms with Gasteiger partial charge in [0, 0.05) is 24.6 Å². The molecule has 1 heterocycles. The fourth-order valence-corrected chi connectivity index (χ4v) is 5.18. The van der Waals surface area contributed by atoms with Gasteiger partial charge in [0.2, 0.25) is 10.0 Å². The minimum absolute atomic E-state index is 0.364. The first kappa shape index (κ1) is 15.4. The quantitative estimate of drug-likeness (QED) is 0.718. The highest BCUT2D eigenvalue weighted by molar-refractivity contribution is 9.11. The summed E-state index contributed by atoms with van der Waals surface area (Å²) in [4.78, 5) is 1.16. The summed E-state index contributed by atoms with van der Waals surface area (Å²) in [6.45, 7) is 3.66. The Morgan fingerprint density at radius 2 is 2.26 bits per heavy atom. The number of nitrogens with one attached hydrogen (secondary N) is 1. The van der Waals surface area contributed by atoms with Gasteiger partial charge in [0.1, 0.15) is 0 Å². The first-order chi connectivity index (χ1) is 8.99. The second-order valence-corrected chi connectivity index (χ2v) is 9.11. The molecule has 1 aliphatic carbocycles. The monoisotopic (exact) mass is 367 g/mol. The van der Waals surface area contributed by atoms with E-state index in [9.17, 15) is 8.42 Å². The number of hydrogen-bond acceptors (Lipinski definition) is 4. The van der Waals surface area contributed by atoms with Crippen LogP contribution in [-0.2, 0) is 14.8 Å². The minimum atomic E-state index is -3.39. The van der Waals surface area contributed by atoms with Gasteiger partial charge in [-0.2, -0.15) is 0 Å². The van der Waals surface area contributed by atoms with Crippen molar-refractivity contribution in [2.24, 2.45) is 5.92 Å². The van der Waals surface area contributed by atoms with Crippen molar-refractivity contribution in [1.29, 1.82) is 0 Å². The maximum atomic E-state index is 12.1. The van der Waals surface area contributed by atoms with E-state index in [1.165, 1.54) is 24.2 Å². The summed E-state index contributed by atoms with van der Waals surface area (Å²) in [6, 6.07) is 1.64. The summed E-state index contributed by atoms with van der Waals surface area (Å²) in [6.07, 6.45) is 3.26. The average molecular weight is 368 g/mol. The molecule has 7 heteroatoms. The second-order valence-electron chi connectivity index (χ2n) is 4.74. The summed E-state index contributed by atoms with van der Waals surface area (Å²) in [5.41, 5.74) is 0. The standard InChI is InChI=1S/C12H18BrNO3S2/c1-9-11(7-12(13)18-9)19(15,16)14-5-2-6-17-8-10-3-4-10/h7,10,14H,2-6,8H2,1H3. The zero-order chi connectivity index (χ0) is 13.9. The molecular weight excluding hydrogens is 350 g/mol. The minimum Gasteiger partial charge on any atom is -0.381 e. The Labute approximate surface area is 126 Å². The van der Waals surface area contributed by atoms with Gasteiger partial charge in [0.25, 0.3) is 0 Å². The molecule has 1 aromatic heterocycles. The fraction of sp³-hybridized carbons (Fsp3) is 0.667. The summed E-state index contributed by atoms with van der Waals surface area (Å²) in [7, 11) is -3.39. The lowest BCUT2D eigenvalue weighted by Gasteiger charge is -2.06. The Kier molecular flexibility index (Phi) is 5.42. The fourth-order valence-electron chi connectivity index (χ4n) is 1.69. The van der Waals surface area contributed by atoms with E-state index in [0.29, 0.717) is 24.5 Å². The van der Waals surface area contributed by atoms with Crippen LogP contribution in [0.1, 0.15) is 24.1 Å². The predicted molar refractivity (Wildman–Crippen MR) is 80.1 cm³/mol. The lowest BCUT2D eigenvalue weighted by Crippen LogP contribution is -2.25. The number of rotatable bonds is 8. The molecular formula is C12H18BrNO3S2. The molecule has 1 saturated carbocycles. The first-order valence-electron chi connectivity index (χ1n) is 6.32. The number of aryl methyl sites for hydroxylation is 1. The molecule has 108 valence electrons. The van der Waals surface area contributed by atoms with Crippen molar-refractivity contribution in [1.82, 2.24) is 4.72 Å². The van der Waals surface area contributed by atoms with Crippen LogP contribution in [0.3, 0.4) is 0 Å². The Balaban J connectivity index is 1.72. The third-order valence-corrected chi connectivity index (χ3v) is 6.21. The third-order valence-electron chi connectivity index (χ3n) is 2.94. The van der Waals surface area contributed by atoms with E-state index in [1.54, 1.807) is 6.07 Å². The van der Waals surface area contributed by atoms with E-state index in [1.807, 2.05) is 6.92 Å². The van der Waals surface area contributed by atoms with E-state index in [2.05, 4.69) is 20.7 Å². The molecule has 0 bridgehead atoms. The summed E-state index contributed by atoms with van der Waals surface area (Å²) < 4.78 is 33.0. The molecule has 19 heavy (non-hydrogen) atoms. The highest BCUT2D eigenvalue weighted by atomic mass is 79.9. The molecule has 0 aromatic carbocycles. The van der Waals surface area contributed by atoms with Gasteiger partial charge >= 0.3 is 0 Å². The lowest BCUT2D eigenvalue weighted by atomic mass is 10.4. The van der Waals surface area contributed by atoms with E-state index in [-0.39, 0.29) is 0 Å². The van der Waals surface area contributed by atoms with Crippen LogP contribution >= 0.6 is 27.3 Å². The van der Waals surface area contributed by atoms with Crippen molar-refractivity contribution in [2.45, 2.75) is 31.1 Å². The summed E-state index contributed by atoms with van der Waals surface area (Å²) in [5.74, 6) is 0.752. The molecule has 1 fully saturated rings. The van der Waals surface area contributed by atoms with E-state index in [0.717, 1.165) is 21.2 Å². The van der Waals surface area contributed by atoms with Gasteiger partial charge in [0.15, 0.2) is 0 Å². The highest BCUT2D eigenvalue weighted by Crippen LogP contribution is 2.29. The van der Waals surface area contributed by atoms with Crippen LogP contribution in [0, 0.1) is 12.8 Å². The topological polar surface area (TPSA) is 55.4 Å². The van der Waals surface area contributed by atoms with Gasteiger partial charge in [-0.25, -0.2) is 13.1 Å². The summed E-state index contributed by atoms with van der Waals surface area (Å²) >= 11 is 4.73. The maximum Gasteiger partial charge on any atom is 0.241 e. The third kappa shape index (κ3) is 4.82. The molecule has 1 aromatic rings. The molecule has 0 unspecified atom stereocenters. The van der Waals surface area contributed by atoms with Crippen LogP contribution in [0.25, 0.3) is 0 Å². The number of hydrogen-bond donors (Lipinski definition) is 1. The van der Waals surface area contributed by atoms with Crippen molar-refractivity contribution < 1.29 is 13.2 Å². The number of thiophene rings is 1. The van der Waals surface area contributed by atoms with Crippen LogP contribution in [0.5, 0.6) is 0 Å².